The molecule has 6 nitrogen and oxygen atoms in total. The number of aliphatic hydroxyl groups is 1. The zero-order valence-corrected chi connectivity index (χ0v) is 13.8. The minimum atomic E-state index is -1.20. The molecule has 0 aromatic heterocycles. The molecule has 124 valence electrons. The van der Waals surface area contributed by atoms with Crippen LogP contribution in [-0.2, 0) is 14.3 Å². The summed E-state index contributed by atoms with van der Waals surface area (Å²) in [5.41, 5.74) is 0.611. The molecule has 1 heterocycles. The SMILES string of the molecule is CCC1OC(C(OC(C)=O)C(C)(C)O)CC(C)C1(C)NO. The van der Waals surface area contributed by atoms with Crippen molar-refractivity contribution in [2.24, 2.45) is 5.92 Å². The molecule has 1 fully saturated rings. The molecule has 1 saturated heterocycles. The van der Waals surface area contributed by atoms with Gasteiger partial charge in [-0.15, -0.1) is 0 Å². The van der Waals surface area contributed by atoms with Crippen molar-refractivity contribution in [2.45, 2.75) is 83.8 Å². The molecule has 0 spiro atoms. The van der Waals surface area contributed by atoms with Crippen LogP contribution in [0.2, 0.25) is 0 Å². The predicted octanol–water partition coefficient (Wildman–Crippen LogP) is 1.63. The number of hydroxylamine groups is 1. The third kappa shape index (κ3) is 3.94. The average molecular weight is 303 g/mol. The molecule has 0 saturated carbocycles. The van der Waals surface area contributed by atoms with E-state index in [1.165, 1.54) is 6.92 Å². The van der Waals surface area contributed by atoms with E-state index in [2.05, 4.69) is 5.48 Å². The summed E-state index contributed by atoms with van der Waals surface area (Å²) in [6.07, 6.45) is -0.117. The maximum absolute atomic E-state index is 11.3. The number of carbonyl (C=O) groups is 1. The summed E-state index contributed by atoms with van der Waals surface area (Å²) in [7, 11) is 0. The first-order valence-electron chi connectivity index (χ1n) is 7.52. The summed E-state index contributed by atoms with van der Waals surface area (Å²) in [6, 6.07) is 0. The second-order valence-corrected chi connectivity index (χ2v) is 6.79. The first-order valence-corrected chi connectivity index (χ1v) is 7.52. The highest BCUT2D eigenvalue weighted by Crippen LogP contribution is 2.38. The molecule has 21 heavy (non-hydrogen) atoms. The number of rotatable bonds is 5. The van der Waals surface area contributed by atoms with Crippen molar-refractivity contribution >= 4 is 5.97 Å². The van der Waals surface area contributed by atoms with Gasteiger partial charge in [0.05, 0.1) is 23.3 Å². The van der Waals surface area contributed by atoms with E-state index in [0.29, 0.717) is 12.8 Å². The third-order valence-corrected chi connectivity index (χ3v) is 4.56. The van der Waals surface area contributed by atoms with E-state index >= 15 is 0 Å². The fourth-order valence-electron chi connectivity index (χ4n) is 3.07. The van der Waals surface area contributed by atoms with Gasteiger partial charge in [0.25, 0.3) is 0 Å². The van der Waals surface area contributed by atoms with E-state index in [9.17, 15) is 15.1 Å². The Hall–Kier alpha value is -0.690. The normalized spacial score (nSPS) is 35.3. The summed E-state index contributed by atoms with van der Waals surface area (Å²) in [6.45, 7) is 10.4. The quantitative estimate of drug-likeness (QED) is 0.528. The number of hydrogen-bond donors (Lipinski definition) is 3. The van der Waals surface area contributed by atoms with Crippen LogP contribution in [0.4, 0.5) is 0 Å². The maximum Gasteiger partial charge on any atom is 0.303 e. The molecule has 5 atom stereocenters. The fourth-order valence-corrected chi connectivity index (χ4v) is 3.07. The largest absolute Gasteiger partial charge is 0.457 e. The second kappa shape index (κ2) is 6.60. The number of esters is 1. The van der Waals surface area contributed by atoms with E-state index in [-0.39, 0.29) is 12.0 Å². The van der Waals surface area contributed by atoms with Gasteiger partial charge in [-0.1, -0.05) is 13.8 Å². The summed E-state index contributed by atoms with van der Waals surface area (Å²) in [4.78, 5) is 11.3. The van der Waals surface area contributed by atoms with Gasteiger partial charge in [-0.05, 0) is 39.5 Å². The zero-order chi connectivity index (χ0) is 16.4. The molecule has 1 aliphatic rings. The lowest BCUT2D eigenvalue weighted by Gasteiger charge is -2.50. The standard InChI is InChI=1S/C15H29NO5/c1-7-12-15(6,16-19)9(2)8-11(21-12)13(14(4,5)18)20-10(3)17/h9,11-13,16,18-19H,7-8H2,1-6H3. The molecule has 6 heteroatoms. The molecule has 1 aliphatic heterocycles. The summed E-state index contributed by atoms with van der Waals surface area (Å²) < 4.78 is 11.3. The number of carbonyl (C=O) groups excluding carboxylic acids is 1. The number of ether oxygens (including phenoxy) is 2. The molecule has 0 aromatic carbocycles. The lowest BCUT2D eigenvalue weighted by Crippen LogP contribution is -2.64. The number of hydrogen-bond acceptors (Lipinski definition) is 6. The van der Waals surface area contributed by atoms with E-state index in [1.807, 2.05) is 20.8 Å². The van der Waals surface area contributed by atoms with Gasteiger partial charge in [-0.25, -0.2) is 0 Å². The van der Waals surface area contributed by atoms with Crippen LogP contribution in [0.25, 0.3) is 0 Å². The summed E-state index contributed by atoms with van der Waals surface area (Å²) in [5.74, 6) is -0.355. The molecule has 5 unspecified atom stereocenters. The summed E-state index contributed by atoms with van der Waals surface area (Å²) >= 11 is 0. The van der Waals surface area contributed by atoms with Gasteiger partial charge >= 0.3 is 5.97 Å². The smallest absolute Gasteiger partial charge is 0.303 e. The molecule has 0 bridgehead atoms. The van der Waals surface area contributed by atoms with Crippen LogP contribution in [0, 0.1) is 5.92 Å². The minimum absolute atomic E-state index is 0.0895. The Bertz CT molecular complexity index is 368. The fraction of sp³-hybridized carbons (Fsp3) is 0.933. The van der Waals surface area contributed by atoms with Crippen LogP contribution in [0.15, 0.2) is 0 Å². The minimum Gasteiger partial charge on any atom is -0.457 e. The van der Waals surface area contributed by atoms with E-state index in [0.717, 1.165) is 0 Å². The maximum atomic E-state index is 11.3. The zero-order valence-electron chi connectivity index (χ0n) is 13.8. The molecule has 1 rings (SSSR count). The van der Waals surface area contributed by atoms with Gasteiger partial charge in [0.2, 0.25) is 0 Å². The van der Waals surface area contributed by atoms with Gasteiger partial charge in [-0.2, -0.15) is 5.48 Å². The molecular weight excluding hydrogens is 274 g/mol. The van der Waals surface area contributed by atoms with Crippen molar-refractivity contribution in [2.75, 3.05) is 0 Å². The highest BCUT2D eigenvalue weighted by atomic mass is 16.6. The molecule has 0 aromatic rings. The van der Waals surface area contributed by atoms with Crippen LogP contribution in [0.3, 0.4) is 0 Å². The monoisotopic (exact) mass is 303 g/mol. The lowest BCUT2D eigenvalue weighted by molar-refractivity contribution is -0.220. The lowest BCUT2D eigenvalue weighted by atomic mass is 9.74. The van der Waals surface area contributed by atoms with Gasteiger partial charge in [0.1, 0.15) is 0 Å². The Balaban J connectivity index is 3.00. The molecule has 0 aliphatic carbocycles. The Morgan fingerprint density at radius 2 is 2.14 bits per heavy atom. The van der Waals surface area contributed by atoms with Crippen molar-refractivity contribution < 1.29 is 24.6 Å². The van der Waals surface area contributed by atoms with Crippen molar-refractivity contribution in [1.82, 2.24) is 5.48 Å². The van der Waals surface area contributed by atoms with Crippen LogP contribution in [-0.4, -0.2) is 45.7 Å². The predicted molar refractivity (Wildman–Crippen MR) is 77.9 cm³/mol. The van der Waals surface area contributed by atoms with Crippen molar-refractivity contribution in [3.63, 3.8) is 0 Å². The highest BCUT2D eigenvalue weighted by molar-refractivity contribution is 5.66. The Morgan fingerprint density at radius 1 is 1.57 bits per heavy atom. The topological polar surface area (TPSA) is 88.0 Å². The Morgan fingerprint density at radius 3 is 2.52 bits per heavy atom. The van der Waals surface area contributed by atoms with Gasteiger partial charge < -0.3 is 19.8 Å². The van der Waals surface area contributed by atoms with Crippen LogP contribution < -0.4 is 5.48 Å². The van der Waals surface area contributed by atoms with Crippen molar-refractivity contribution in [3.8, 4) is 0 Å². The van der Waals surface area contributed by atoms with Gasteiger partial charge in [-0.3, -0.25) is 4.79 Å². The van der Waals surface area contributed by atoms with Crippen molar-refractivity contribution in [3.05, 3.63) is 0 Å². The van der Waals surface area contributed by atoms with E-state index in [4.69, 9.17) is 9.47 Å². The van der Waals surface area contributed by atoms with Crippen LogP contribution in [0.5, 0.6) is 0 Å². The van der Waals surface area contributed by atoms with Crippen LogP contribution >= 0.6 is 0 Å². The molecule has 3 N–H and O–H groups in total. The highest BCUT2D eigenvalue weighted by Gasteiger charge is 2.50. The first kappa shape index (κ1) is 18.4. The van der Waals surface area contributed by atoms with E-state index in [1.54, 1.807) is 13.8 Å². The Kier molecular flexibility index (Phi) is 5.77. The van der Waals surface area contributed by atoms with Gasteiger partial charge in [0, 0.05) is 6.92 Å². The van der Waals surface area contributed by atoms with Crippen LogP contribution in [0.1, 0.15) is 54.4 Å². The first-order chi connectivity index (χ1) is 9.56. The summed E-state index contributed by atoms with van der Waals surface area (Å²) in [5, 5.41) is 19.8. The third-order valence-electron chi connectivity index (χ3n) is 4.56. The molecule has 0 radical (unpaired) electrons. The number of nitrogens with one attached hydrogen (secondary N) is 1. The van der Waals surface area contributed by atoms with Crippen molar-refractivity contribution in [1.29, 1.82) is 0 Å². The second-order valence-electron chi connectivity index (χ2n) is 6.79. The van der Waals surface area contributed by atoms with Gasteiger partial charge in [0.15, 0.2) is 6.10 Å². The van der Waals surface area contributed by atoms with E-state index < -0.39 is 29.3 Å². The Labute approximate surface area is 126 Å². The molecule has 0 amide bonds. The molecular formula is C15H29NO5. The average Bonchev–Trinajstić information content (AvgIpc) is 2.37.